The summed E-state index contributed by atoms with van der Waals surface area (Å²) in [5.41, 5.74) is 13.5. The molecule has 0 bridgehead atoms. The van der Waals surface area contributed by atoms with Crippen LogP contribution >= 0.6 is 0 Å². The number of amides is 4. The maximum atomic E-state index is 12.7. The molecule has 1 aliphatic carbocycles. The van der Waals surface area contributed by atoms with Gasteiger partial charge in [0.2, 0.25) is 0 Å². The summed E-state index contributed by atoms with van der Waals surface area (Å²) >= 11 is 0. The van der Waals surface area contributed by atoms with Gasteiger partial charge in [0.05, 0.1) is 11.1 Å². The van der Waals surface area contributed by atoms with Gasteiger partial charge in [-0.25, -0.2) is 9.59 Å². The van der Waals surface area contributed by atoms with Crippen molar-refractivity contribution in [1.82, 2.24) is 9.88 Å². The van der Waals surface area contributed by atoms with Crippen LogP contribution in [-0.2, 0) is 10.3 Å². The molecule has 34 heavy (non-hydrogen) atoms. The highest BCUT2D eigenvalue weighted by molar-refractivity contribution is 6.13. The molecule has 0 atom stereocenters. The van der Waals surface area contributed by atoms with Crippen LogP contribution in [0.15, 0.2) is 42.5 Å². The van der Waals surface area contributed by atoms with Crippen LogP contribution in [0.25, 0.3) is 22.0 Å². The summed E-state index contributed by atoms with van der Waals surface area (Å²) in [6, 6.07) is 12.8. The van der Waals surface area contributed by atoms with Gasteiger partial charge < -0.3 is 26.1 Å². The minimum absolute atomic E-state index is 0.164. The molecule has 0 spiro atoms. The fraction of sp³-hybridized carbons (Fsp3) is 0.320. The van der Waals surface area contributed by atoms with Gasteiger partial charge >= 0.3 is 12.1 Å². The molecule has 9 heteroatoms. The summed E-state index contributed by atoms with van der Waals surface area (Å²) in [6.45, 7) is 5.55. The number of urea groups is 1. The smallest absolute Gasteiger partial charge is 0.410 e. The Morgan fingerprint density at radius 1 is 1.06 bits per heavy atom. The lowest BCUT2D eigenvalue weighted by Crippen LogP contribution is -2.40. The Kier molecular flexibility index (Phi) is 5.51. The average molecular weight is 464 g/mol. The van der Waals surface area contributed by atoms with Gasteiger partial charge in [0.15, 0.2) is 0 Å². The fourth-order valence-corrected chi connectivity index (χ4v) is 4.28. The van der Waals surface area contributed by atoms with Crippen molar-refractivity contribution in [3.63, 3.8) is 0 Å². The molecule has 1 fully saturated rings. The number of aromatic amines is 1. The predicted octanol–water partition coefficient (Wildman–Crippen LogP) is 4.28. The largest absolute Gasteiger partial charge is 0.444 e. The van der Waals surface area contributed by atoms with Gasteiger partial charge in [0.1, 0.15) is 11.4 Å². The summed E-state index contributed by atoms with van der Waals surface area (Å²) < 4.78 is 5.58. The SMILES string of the molecule is CN(C(=O)OC(C)(C)C)C1(c2cccc(-c3ccc4c(C(N)=O)c(NC(N)=O)[nH]c4c3)c2)CC1. The van der Waals surface area contributed by atoms with E-state index in [0.717, 1.165) is 29.5 Å². The Bertz CT molecular complexity index is 1300. The molecule has 0 aliphatic heterocycles. The Balaban J connectivity index is 1.69. The summed E-state index contributed by atoms with van der Waals surface area (Å²) in [5, 5.41) is 3.00. The summed E-state index contributed by atoms with van der Waals surface area (Å²) in [4.78, 5) is 40.7. The third-order valence-electron chi connectivity index (χ3n) is 6.06. The van der Waals surface area contributed by atoms with Gasteiger partial charge in [-0.15, -0.1) is 0 Å². The van der Waals surface area contributed by atoms with E-state index in [1.807, 2.05) is 51.1 Å². The minimum Gasteiger partial charge on any atom is -0.444 e. The van der Waals surface area contributed by atoms with Gasteiger partial charge in [-0.3, -0.25) is 10.1 Å². The Hall–Kier alpha value is -4.01. The average Bonchev–Trinajstić information content (AvgIpc) is 3.47. The van der Waals surface area contributed by atoms with Gasteiger partial charge in [-0.1, -0.05) is 30.3 Å². The summed E-state index contributed by atoms with van der Waals surface area (Å²) in [5.74, 6) is -0.512. The van der Waals surface area contributed by atoms with Gasteiger partial charge in [0, 0.05) is 18.0 Å². The molecule has 1 aromatic heterocycles. The molecule has 9 nitrogen and oxygen atoms in total. The highest BCUT2D eigenvalue weighted by atomic mass is 16.6. The van der Waals surface area contributed by atoms with E-state index in [2.05, 4.69) is 16.4 Å². The van der Waals surface area contributed by atoms with Crippen LogP contribution in [0.2, 0.25) is 0 Å². The van der Waals surface area contributed by atoms with Crippen LogP contribution in [0.3, 0.4) is 0 Å². The molecule has 4 rings (SSSR count). The van der Waals surface area contributed by atoms with Crippen molar-refractivity contribution < 1.29 is 19.1 Å². The number of aromatic nitrogens is 1. The molecule has 3 aromatic rings. The first-order chi connectivity index (χ1) is 15.9. The number of ether oxygens (including phenoxy) is 1. The summed E-state index contributed by atoms with van der Waals surface area (Å²) in [7, 11) is 1.78. The molecule has 1 saturated carbocycles. The number of fused-ring (bicyclic) bond motifs is 1. The van der Waals surface area contributed by atoms with Gasteiger partial charge in [0.25, 0.3) is 5.91 Å². The van der Waals surface area contributed by atoms with Crippen molar-refractivity contribution in [2.75, 3.05) is 12.4 Å². The van der Waals surface area contributed by atoms with Crippen molar-refractivity contribution in [2.45, 2.75) is 44.8 Å². The molecule has 1 heterocycles. The van der Waals surface area contributed by atoms with E-state index in [1.165, 1.54) is 0 Å². The number of nitrogens with two attached hydrogens (primary N) is 2. The number of hydrogen-bond donors (Lipinski definition) is 4. The lowest BCUT2D eigenvalue weighted by molar-refractivity contribution is 0.0189. The first-order valence-corrected chi connectivity index (χ1v) is 11.0. The monoisotopic (exact) mass is 463 g/mol. The molecular formula is C25H29N5O4. The summed E-state index contributed by atoms with van der Waals surface area (Å²) in [6.07, 6.45) is 1.36. The maximum absolute atomic E-state index is 12.7. The highest BCUT2D eigenvalue weighted by Gasteiger charge is 2.51. The van der Waals surface area contributed by atoms with E-state index < -0.39 is 23.1 Å². The lowest BCUT2D eigenvalue weighted by atomic mass is 9.96. The molecule has 4 amide bonds. The normalized spacial score (nSPS) is 14.5. The first-order valence-electron chi connectivity index (χ1n) is 11.0. The molecule has 2 aromatic carbocycles. The van der Waals surface area contributed by atoms with Crippen molar-refractivity contribution >= 4 is 34.8 Å². The topological polar surface area (TPSA) is 144 Å². The second kappa shape index (κ2) is 8.09. The van der Waals surface area contributed by atoms with Gasteiger partial charge in [-0.05, 0) is 62.4 Å². The zero-order chi connectivity index (χ0) is 24.8. The second-order valence-corrected chi connectivity index (χ2v) is 9.64. The number of carbonyl (C=O) groups is 3. The minimum atomic E-state index is -0.800. The standard InChI is InChI=1S/C25H29N5O4/c1-24(2,3)34-23(33)30(4)25(10-11-25)16-7-5-6-14(12-16)15-8-9-17-18(13-15)28-21(29-22(27)32)19(17)20(26)31/h5-9,12-13,28H,10-11H2,1-4H3,(H2,26,31)(H3,27,29,32). The van der Waals surface area contributed by atoms with Crippen LogP contribution in [0.4, 0.5) is 15.4 Å². The van der Waals surface area contributed by atoms with E-state index in [9.17, 15) is 14.4 Å². The highest BCUT2D eigenvalue weighted by Crippen LogP contribution is 2.51. The quantitative estimate of drug-likeness (QED) is 0.448. The number of rotatable bonds is 5. The van der Waals surface area contributed by atoms with Gasteiger partial charge in [-0.2, -0.15) is 0 Å². The number of anilines is 1. The predicted molar refractivity (Wildman–Crippen MR) is 130 cm³/mol. The lowest BCUT2D eigenvalue weighted by Gasteiger charge is -2.31. The van der Waals surface area contributed by atoms with Crippen LogP contribution in [-0.4, -0.2) is 40.6 Å². The number of hydrogen-bond acceptors (Lipinski definition) is 4. The van der Waals surface area contributed by atoms with E-state index in [0.29, 0.717) is 10.9 Å². The van der Waals surface area contributed by atoms with E-state index in [4.69, 9.17) is 16.2 Å². The number of H-pyrrole nitrogens is 1. The van der Waals surface area contributed by atoms with E-state index >= 15 is 0 Å². The van der Waals surface area contributed by atoms with E-state index in [1.54, 1.807) is 18.0 Å². The number of carbonyl (C=O) groups excluding carboxylic acids is 3. The van der Waals surface area contributed by atoms with Crippen molar-refractivity contribution in [3.05, 3.63) is 53.6 Å². The Morgan fingerprint density at radius 3 is 2.32 bits per heavy atom. The van der Waals surface area contributed by atoms with Crippen molar-refractivity contribution in [2.24, 2.45) is 11.5 Å². The molecule has 6 N–H and O–H groups in total. The molecule has 0 unspecified atom stereocenters. The van der Waals surface area contributed by atoms with Crippen LogP contribution in [0.1, 0.15) is 49.5 Å². The molecule has 178 valence electrons. The second-order valence-electron chi connectivity index (χ2n) is 9.64. The number of nitrogens with one attached hydrogen (secondary N) is 2. The number of benzene rings is 2. The first kappa shape index (κ1) is 23.2. The fourth-order valence-electron chi connectivity index (χ4n) is 4.28. The van der Waals surface area contributed by atoms with Crippen LogP contribution in [0.5, 0.6) is 0 Å². The maximum Gasteiger partial charge on any atom is 0.410 e. The van der Waals surface area contributed by atoms with E-state index in [-0.39, 0.29) is 17.5 Å². The van der Waals surface area contributed by atoms with Crippen molar-refractivity contribution in [1.29, 1.82) is 0 Å². The third kappa shape index (κ3) is 4.28. The number of primary amides is 2. The zero-order valence-electron chi connectivity index (χ0n) is 19.7. The number of nitrogens with zero attached hydrogens (tertiary/aromatic N) is 1. The third-order valence-corrected chi connectivity index (χ3v) is 6.06. The van der Waals surface area contributed by atoms with Crippen LogP contribution in [0, 0.1) is 0 Å². The molecule has 1 aliphatic rings. The van der Waals surface area contributed by atoms with Crippen LogP contribution < -0.4 is 16.8 Å². The Labute approximate surface area is 197 Å². The van der Waals surface area contributed by atoms with Crippen molar-refractivity contribution in [3.8, 4) is 11.1 Å². The Morgan fingerprint density at radius 2 is 1.74 bits per heavy atom. The molecule has 0 saturated heterocycles. The molecule has 0 radical (unpaired) electrons. The molecular weight excluding hydrogens is 434 g/mol. The zero-order valence-corrected chi connectivity index (χ0v) is 19.7.